The first-order chi connectivity index (χ1) is 13.7. The number of carbonyl (C=O) groups is 1. The molecule has 0 radical (unpaired) electrons. The fraction of sp³-hybridized carbons (Fsp3) is 0.286. The number of Topliss-reactive ketones (excluding diaryl/α,β-unsaturated/α-hetero) is 1. The van der Waals surface area contributed by atoms with Crippen LogP contribution in [-0.2, 0) is 19.4 Å². The molecule has 7 heteroatoms. The molecule has 6 nitrogen and oxygen atoms in total. The number of aryl methyl sites for hydroxylation is 2. The number of nitrogens with one attached hydrogen (secondary N) is 1. The molecule has 0 bridgehead atoms. The second-order valence-electron chi connectivity index (χ2n) is 7.40. The number of thiophene rings is 1. The van der Waals surface area contributed by atoms with E-state index in [1.54, 1.807) is 11.7 Å². The molecule has 6 rings (SSSR count). The molecule has 0 amide bonds. The molecule has 2 aliphatic rings. The van der Waals surface area contributed by atoms with Gasteiger partial charge in [0.05, 0.1) is 23.1 Å². The van der Waals surface area contributed by atoms with Crippen LogP contribution in [0.5, 0.6) is 5.75 Å². The summed E-state index contributed by atoms with van der Waals surface area (Å²) < 4.78 is 7.14. The molecule has 4 heterocycles. The van der Waals surface area contributed by atoms with Gasteiger partial charge in [-0.2, -0.15) is 0 Å². The number of nitrogens with zero attached hydrogens (tertiary/aromatic N) is 2. The van der Waals surface area contributed by atoms with Gasteiger partial charge in [0.25, 0.3) is 5.56 Å². The quantitative estimate of drug-likeness (QED) is 0.537. The van der Waals surface area contributed by atoms with E-state index in [4.69, 9.17) is 9.72 Å². The Morgan fingerprint density at radius 2 is 2.07 bits per heavy atom. The van der Waals surface area contributed by atoms with Gasteiger partial charge in [0.1, 0.15) is 10.6 Å². The van der Waals surface area contributed by atoms with Crippen molar-refractivity contribution in [3.8, 4) is 17.3 Å². The number of H-pyrrole nitrogens is 1. The summed E-state index contributed by atoms with van der Waals surface area (Å²) in [4.78, 5) is 35.4. The Morgan fingerprint density at radius 3 is 2.93 bits per heavy atom. The van der Waals surface area contributed by atoms with Crippen molar-refractivity contribution in [2.45, 2.75) is 32.2 Å². The minimum Gasteiger partial charge on any atom is -0.497 e. The van der Waals surface area contributed by atoms with Crippen LogP contribution in [0.25, 0.3) is 32.6 Å². The van der Waals surface area contributed by atoms with Crippen LogP contribution < -0.4 is 10.3 Å². The van der Waals surface area contributed by atoms with Crippen LogP contribution >= 0.6 is 11.3 Å². The summed E-state index contributed by atoms with van der Waals surface area (Å²) in [6.45, 7) is 0.590. The Bertz CT molecular complexity index is 1380. The average Bonchev–Trinajstić information content (AvgIpc) is 3.27. The van der Waals surface area contributed by atoms with E-state index >= 15 is 0 Å². The van der Waals surface area contributed by atoms with Gasteiger partial charge in [-0.05, 0) is 48.6 Å². The normalized spacial score (nSPS) is 15.5. The number of aromatic amines is 1. The number of hydrogen-bond donors (Lipinski definition) is 1. The van der Waals surface area contributed by atoms with Crippen LogP contribution in [-0.4, -0.2) is 27.4 Å². The topological polar surface area (TPSA) is 77.0 Å². The predicted octanol–water partition coefficient (Wildman–Crippen LogP) is 3.69. The van der Waals surface area contributed by atoms with Crippen LogP contribution in [0.1, 0.15) is 33.6 Å². The van der Waals surface area contributed by atoms with Crippen molar-refractivity contribution in [3.63, 3.8) is 0 Å². The van der Waals surface area contributed by atoms with Gasteiger partial charge in [-0.1, -0.05) is 0 Å². The highest BCUT2D eigenvalue weighted by Gasteiger charge is 2.29. The molecule has 140 valence electrons. The van der Waals surface area contributed by atoms with Crippen molar-refractivity contribution in [1.29, 1.82) is 0 Å². The molecule has 0 atom stereocenters. The number of benzene rings is 1. The molecule has 0 spiro atoms. The van der Waals surface area contributed by atoms with Gasteiger partial charge in [-0.15, -0.1) is 11.3 Å². The molecule has 0 unspecified atom stereocenters. The highest BCUT2D eigenvalue weighted by Crippen LogP contribution is 2.38. The maximum Gasteiger partial charge on any atom is 0.262 e. The zero-order valence-electron chi connectivity index (χ0n) is 15.3. The first-order valence-electron chi connectivity index (χ1n) is 9.44. The number of fused-ring (bicyclic) bond motifs is 8. The van der Waals surface area contributed by atoms with Crippen LogP contribution in [0, 0.1) is 0 Å². The molecular weight excluding hydrogens is 374 g/mol. The van der Waals surface area contributed by atoms with Gasteiger partial charge in [-0.3, -0.25) is 14.2 Å². The molecule has 0 saturated carbocycles. The van der Waals surface area contributed by atoms with Crippen molar-refractivity contribution in [2.24, 2.45) is 0 Å². The summed E-state index contributed by atoms with van der Waals surface area (Å²) in [7, 11) is 1.66. The first-order valence-corrected chi connectivity index (χ1v) is 10.3. The summed E-state index contributed by atoms with van der Waals surface area (Å²) in [5, 5.41) is 1.76. The fourth-order valence-electron chi connectivity index (χ4n) is 4.57. The van der Waals surface area contributed by atoms with Gasteiger partial charge in [0, 0.05) is 23.9 Å². The van der Waals surface area contributed by atoms with Gasteiger partial charge in [-0.25, -0.2) is 4.98 Å². The molecule has 0 saturated heterocycles. The number of carbonyl (C=O) groups excluding carboxylic acids is 1. The monoisotopic (exact) mass is 391 g/mol. The highest BCUT2D eigenvalue weighted by atomic mass is 32.1. The molecule has 28 heavy (non-hydrogen) atoms. The third-order valence-electron chi connectivity index (χ3n) is 5.92. The zero-order chi connectivity index (χ0) is 19.0. The maximum atomic E-state index is 13.3. The van der Waals surface area contributed by atoms with E-state index in [0.717, 1.165) is 57.6 Å². The molecule has 1 aliphatic carbocycles. The van der Waals surface area contributed by atoms with E-state index in [2.05, 4.69) is 4.98 Å². The van der Waals surface area contributed by atoms with E-state index in [0.29, 0.717) is 29.0 Å². The number of rotatable bonds is 1. The first kappa shape index (κ1) is 16.1. The zero-order valence-corrected chi connectivity index (χ0v) is 16.1. The van der Waals surface area contributed by atoms with Crippen molar-refractivity contribution >= 4 is 38.2 Å². The fourth-order valence-corrected chi connectivity index (χ4v) is 5.75. The average molecular weight is 391 g/mol. The lowest BCUT2D eigenvalue weighted by atomic mass is 9.96. The number of ketones is 1. The van der Waals surface area contributed by atoms with E-state index in [1.165, 1.54) is 11.3 Å². The maximum absolute atomic E-state index is 13.3. The van der Waals surface area contributed by atoms with Crippen LogP contribution in [0.3, 0.4) is 0 Å². The molecule has 4 aromatic rings. The van der Waals surface area contributed by atoms with Crippen LogP contribution in [0.2, 0.25) is 0 Å². The van der Waals surface area contributed by atoms with Gasteiger partial charge < -0.3 is 9.72 Å². The summed E-state index contributed by atoms with van der Waals surface area (Å²) in [6.07, 6.45) is 2.92. The Hall–Kier alpha value is -2.93. The van der Waals surface area contributed by atoms with Crippen molar-refractivity contribution in [1.82, 2.24) is 14.5 Å². The summed E-state index contributed by atoms with van der Waals surface area (Å²) in [5.41, 5.74) is 3.96. The van der Waals surface area contributed by atoms with E-state index in [-0.39, 0.29) is 11.3 Å². The minimum absolute atomic E-state index is 0.0194. The molecule has 1 aliphatic heterocycles. The molecule has 1 aromatic carbocycles. The molecule has 3 aromatic heterocycles. The van der Waals surface area contributed by atoms with E-state index < -0.39 is 0 Å². The number of ether oxygens (including phenoxy) is 1. The third-order valence-corrected chi connectivity index (χ3v) is 7.08. The lowest BCUT2D eigenvalue weighted by molar-refractivity contribution is 0.0977. The Labute approximate surface area is 163 Å². The SMILES string of the molecule is COc1ccc2[nH]c3c(c2c1)CCn1c-3nc2sc3c(c2c1=O)CCCC3=O. The van der Waals surface area contributed by atoms with Crippen LogP contribution in [0.15, 0.2) is 23.0 Å². The number of aromatic nitrogens is 3. The van der Waals surface area contributed by atoms with Crippen molar-refractivity contribution in [2.75, 3.05) is 7.11 Å². The van der Waals surface area contributed by atoms with Gasteiger partial charge >= 0.3 is 0 Å². The standard InChI is InChI=1S/C21H17N3O3S/c1-27-10-5-6-14-13(9-10)11-7-8-24-19(17(11)22-14)23-20-16(21(24)26)12-3-2-4-15(25)18(12)28-20/h5-6,9,22H,2-4,7-8H2,1H3. The summed E-state index contributed by atoms with van der Waals surface area (Å²) in [6, 6.07) is 5.95. The highest BCUT2D eigenvalue weighted by molar-refractivity contribution is 7.20. The number of hydrogen-bond acceptors (Lipinski definition) is 5. The predicted molar refractivity (Wildman–Crippen MR) is 109 cm³/mol. The lowest BCUT2D eigenvalue weighted by Gasteiger charge is -2.18. The molecule has 1 N–H and O–H groups in total. The van der Waals surface area contributed by atoms with Gasteiger partial charge in [0.15, 0.2) is 11.6 Å². The Morgan fingerprint density at radius 1 is 1.18 bits per heavy atom. The lowest BCUT2D eigenvalue weighted by Crippen LogP contribution is -2.27. The Balaban J connectivity index is 1.66. The second-order valence-corrected chi connectivity index (χ2v) is 8.40. The van der Waals surface area contributed by atoms with Crippen LogP contribution in [0.4, 0.5) is 0 Å². The summed E-state index contributed by atoms with van der Waals surface area (Å²) in [5.74, 6) is 1.62. The van der Waals surface area contributed by atoms with Crippen molar-refractivity contribution < 1.29 is 9.53 Å². The van der Waals surface area contributed by atoms with E-state index in [1.807, 2.05) is 18.2 Å². The Kier molecular flexibility index (Phi) is 3.18. The third kappa shape index (κ3) is 1.99. The van der Waals surface area contributed by atoms with Gasteiger partial charge in [0.2, 0.25) is 0 Å². The largest absolute Gasteiger partial charge is 0.497 e. The summed E-state index contributed by atoms with van der Waals surface area (Å²) >= 11 is 1.37. The molecular formula is C21H17N3O3S. The number of methoxy groups -OCH3 is 1. The second kappa shape index (κ2) is 5.54. The molecule has 0 fully saturated rings. The van der Waals surface area contributed by atoms with E-state index in [9.17, 15) is 9.59 Å². The smallest absolute Gasteiger partial charge is 0.262 e. The van der Waals surface area contributed by atoms with Crippen molar-refractivity contribution in [3.05, 3.63) is 44.6 Å². The minimum atomic E-state index is -0.0194.